The van der Waals surface area contributed by atoms with Gasteiger partial charge in [0.05, 0.1) is 50.1 Å². The highest BCUT2D eigenvalue weighted by atomic mass is 35.5. The number of carbonyl (C=O) groups excluding carboxylic acids is 12. The first-order valence-corrected chi connectivity index (χ1v) is 40.0. The van der Waals surface area contributed by atoms with Crippen LogP contribution < -0.4 is 16.0 Å². The van der Waals surface area contributed by atoms with Crippen LogP contribution in [-0.4, -0.2) is 280 Å². The summed E-state index contributed by atoms with van der Waals surface area (Å²) >= 11 is 6.41. The number of rotatable bonds is 11. The Balaban J connectivity index is 1.08. The number of nitrogens with zero attached hydrogens (tertiary/aromatic N) is 9. The molecule has 15 atom stereocenters. The monoisotopic (exact) mass is 1550 g/mol. The van der Waals surface area contributed by atoms with Crippen molar-refractivity contribution in [1.82, 2.24) is 60.0 Å². The van der Waals surface area contributed by atoms with E-state index in [0.717, 1.165) is 9.80 Å². The zero-order valence-electron chi connectivity index (χ0n) is 64.9. The number of morpholine rings is 1. The van der Waals surface area contributed by atoms with Gasteiger partial charge >= 0.3 is 12.4 Å². The van der Waals surface area contributed by atoms with Crippen LogP contribution in [0.1, 0.15) is 202 Å². The average Bonchev–Trinajstić information content (AvgIpc) is 1.50. The Kier molecular flexibility index (Phi) is 28.4. The van der Waals surface area contributed by atoms with Crippen LogP contribution >= 0.6 is 11.6 Å². The molecule has 5 unspecified atom stereocenters. The van der Waals surface area contributed by atoms with Gasteiger partial charge in [0.1, 0.15) is 59.9 Å². The molecule has 9 rings (SSSR count). The topological polar surface area (TPSA) is 279 Å². The average molecular weight is 1560 g/mol. The standard InChI is InChI=1S/C76H117ClF6N12O13/c1-12-44(4)62-71(105)88(7)45(5)66(100)94-35-31-56(94)69(103)90(9)58(38-47-21-25-49(26-22-47)75(78,79)80)68(102)87(6)40-60(96)84-54(30-24-46-23-29-52(53(77)37-46)76(81,82)83)67(101)93-34-17-20-55(93)65(99)86-74(32-15-16-33-74)73(107)92(11)63(48-18-13-14-19-48)72(106)91(10)59(70(104)95-50-27-28-51(95)42-108-41-50)39-61(97)89(8)57(36-43(2)3)64(98)85-62/h43-59,62-63H,12-42H2,1-11H3,(H,84,96)(H,85,98)(H,86,99)/t44-,45-,46?,47?,49?,50?,51?,52?,53?,54-,55-,56-,57-,58-,59-,62-,63-/m0/s1. The quantitative estimate of drug-likeness (QED) is 0.142. The second-order valence-corrected chi connectivity index (χ2v) is 33.9. The largest absolute Gasteiger partial charge is 0.393 e. The molecule has 0 aromatic carbocycles. The van der Waals surface area contributed by atoms with Crippen LogP contribution in [-0.2, 0) is 62.3 Å². The summed E-state index contributed by atoms with van der Waals surface area (Å²) in [6, 6.07) is -12.5. The van der Waals surface area contributed by atoms with E-state index in [-0.39, 0.29) is 141 Å². The first-order valence-electron chi connectivity index (χ1n) is 39.6. The summed E-state index contributed by atoms with van der Waals surface area (Å²) in [6.45, 7) is 8.47. The van der Waals surface area contributed by atoms with Crippen LogP contribution in [0.2, 0.25) is 0 Å². The molecule has 4 saturated carbocycles. The maximum atomic E-state index is 15.9. The molecule has 5 aliphatic heterocycles. The SMILES string of the molecule is CC[C@H](C)[C@@H]1NC(=O)[C@H](CC(C)C)N(C)C(=O)C[C@@H](C(=O)N2C3CCC2COC3)N(C)C(=O)[C@H](C2CCCC2)N(C)C(=O)C2(CCCC2)NC(=O)[C@@H]2CCCN2C(=O)[C@H](CCC2CCC(C(F)(F)F)C(Cl)C2)NC(=O)CN(C)C(=O)[C@H](CC2CCC(C(F)(F)F)CC2)N(C)C(=O)[C@@H]2CCN2C(=O)[C@H](C)N(C)C1=O. The molecule has 2 bridgehead atoms. The zero-order valence-corrected chi connectivity index (χ0v) is 65.6. The molecule has 5 heterocycles. The molecule has 0 aromatic heterocycles. The summed E-state index contributed by atoms with van der Waals surface area (Å²) in [4.78, 5) is 194. The van der Waals surface area contributed by atoms with Gasteiger partial charge in [0.25, 0.3) is 0 Å². The molecule has 9 aliphatic rings. The third-order valence-electron chi connectivity index (χ3n) is 25.9. The molecule has 1 spiro atoms. The van der Waals surface area contributed by atoms with Gasteiger partial charge in [-0.3, -0.25) is 57.5 Å². The van der Waals surface area contributed by atoms with E-state index in [1.54, 1.807) is 11.8 Å². The van der Waals surface area contributed by atoms with Crippen molar-refractivity contribution in [2.45, 2.75) is 291 Å². The molecule has 108 heavy (non-hydrogen) atoms. The molecule has 12 amide bonds. The fraction of sp³-hybridized carbons (Fsp3) is 0.842. The van der Waals surface area contributed by atoms with E-state index in [2.05, 4.69) is 16.0 Å². The van der Waals surface area contributed by atoms with Crippen LogP contribution in [0, 0.1) is 41.4 Å². The zero-order chi connectivity index (χ0) is 79.3. The minimum absolute atomic E-state index is 0.00660. The lowest BCUT2D eigenvalue weighted by molar-refractivity contribution is -0.184. The van der Waals surface area contributed by atoms with Gasteiger partial charge < -0.3 is 64.8 Å². The van der Waals surface area contributed by atoms with Crippen LogP contribution in [0.15, 0.2) is 0 Å². The lowest BCUT2D eigenvalue weighted by Gasteiger charge is -2.45. The van der Waals surface area contributed by atoms with Gasteiger partial charge in [-0.15, -0.1) is 11.6 Å². The summed E-state index contributed by atoms with van der Waals surface area (Å²) in [5, 5.41) is 7.48. The van der Waals surface area contributed by atoms with E-state index in [9.17, 15) is 45.5 Å². The summed E-state index contributed by atoms with van der Waals surface area (Å²) in [7, 11) is 8.35. The molecule has 0 radical (unpaired) electrons. The van der Waals surface area contributed by atoms with Gasteiger partial charge in [0.15, 0.2) is 0 Å². The molecular formula is C76H117ClF6N12O13. The Labute approximate surface area is 636 Å². The highest BCUT2D eigenvalue weighted by Crippen LogP contribution is 2.45. The number of carbonyl (C=O) groups is 12. The predicted molar refractivity (Wildman–Crippen MR) is 386 cm³/mol. The van der Waals surface area contributed by atoms with Crippen LogP contribution in [0.5, 0.6) is 0 Å². The highest BCUT2D eigenvalue weighted by molar-refractivity contribution is 6.21. The van der Waals surface area contributed by atoms with Gasteiger partial charge in [-0.05, 0) is 165 Å². The number of likely N-dealkylation sites (N-methyl/N-ethyl adjacent to an activating group) is 6. The van der Waals surface area contributed by atoms with Crippen molar-refractivity contribution in [3.63, 3.8) is 0 Å². The smallest absolute Gasteiger partial charge is 0.377 e. The predicted octanol–water partition coefficient (Wildman–Crippen LogP) is 6.79. The minimum Gasteiger partial charge on any atom is -0.377 e. The number of fused-ring (bicyclic) bond motifs is 4. The number of halogens is 7. The molecule has 4 aliphatic carbocycles. The van der Waals surface area contributed by atoms with Crippen LogP contribution in [0.3, 0.4) is 0 Å². The number of alkyl halides is 7. The van der Waals surface area contributed by atoms with Crippen molar-refractivity contribution in [3.05, 3.63) is 0 Å². The third kappa shape index (κ3) is 19.1. The Morgan fingerprint density at radius 3 is 1.80 bits per heavy atom. The van der Waals surface area contributed by atoms with Gasteiger partial charge in [-0.1, -0.05) is 59.8 Å². The first kappa shape index (κ1) is 85.5. The van der Waals surface area contributed by atoms with Crippen molar-refractivity contribution in [2.24, 2.45) is 41.4 Å². The van der Waals surface area contributed by atoms with Crippen molar-refractivity contribution >= 4 is 82.5 Å². The summed E-state index contributed by atoms with van der Waals surface area (Å²) in [5.74, 6) is -13.8. The molecule has 32 heteroatoms. The Morgan fingerprint density at radius 1 is 0.602 bits per heavy atom. The maximum Gasteiger partial charge on any atom is 0.393 e. The fourth-order valence-corrected chi connectivity index (χ4v) is 19.2. The van der Waals surface area contributed by atoms with Crippen LogP contribution in [0.25, 0.3) is 0 Å². The summed E-state index contributed by atoms with van der Waals surface area (Å²) in [6.07, 6.45) is -4.50. The van der Waals surface area contributed by atoms with E-state index in [1.807, 2.05) is 20.8 Å². The van der Waals surface area contributed by atoms with Gasteiger partial charge in [-0.25, -0.2) is 0 Å². The third-order valence-corrected chi connectivity index (χ3v) is 26.4. The number of nitrogens with one attached hydrogen (secondary N) is 3. The Hall–Kier alpha value is -6.53. The molecule has 5 saturated heterocycles. The first-order chi connectivity index (χ1) is 50.8. The summed E-state index contributed by atoms with van der Waals surface area (Å²) < 4.78 is 90.2. The normalized spacial score (nSPS) is 33.6. The van der Waals surface area contributed by atoms with E-state index in [0.29, 0.717) is 64.2 Å². The van der Waals surface area contributed by atoms with Crippen molar-refractivity contribution in [2.75, 3.05) is 75.1 Å². The fourth-order valence-electron chi connectivity index (χ4n) is 18.7. The highest BCUT2D eigenvalue weighted by Gasteiger charge is 2.55. The number of hydrogen-bond acceptors (Lipinski definition) is 13. The minimum atomic E-state index is -4.55. The van der Waals surface area contributed by atoms with Crippen LogP contribution in [0.4, 0.5) is 26.3 Å². The van der Waals surface area contributed by atoms with E-state index < -0.39 is 197 Å². The lowest BCUT2D eigenvalue weighted by Crippen LogP contribution is -2.65. The molecule has 9 fully saturated rings. The number of amides is 12. The molecule has 3 N–H and O–H groups in total. The van der Waals surface area contributed by atoms with Crippen molar-refractivity contribution in [3.8, 4) is 0 Å². The second-order valence-electron chi connectivity index (χ2n) is 33.4. The maximum absolute atomic E-state index is 15.9. The molecule has 25 nitrogen and oxygen atoms in total. The van der Waals surface area contributed by atoms with Gasteiger partial charge in [0.2, 0.25) is 70.9 Å². The van der Waals surface area contributed by atoms with E-state index in [4.69, 9.17) is 16.3 Å². The number of hydrogen-bond donors (Lipinski definition) is 3. The molecule has 608 valence electrons. The molecule has 0 aromatic rings. The van der Waals surface area contributed by atoms with Gasteiger partial charge in [-0.2, -0.15) is 26.3 Å². The Morgan fingerprint density at radius 2 is 1.22 bits per heavy atom. The lowest BCUT2D eigenvalue weighted by atomic mass is 9.78. The molecular weight excluding hydrogens is 1440 g/mol. The van der Waals surface area contributed by atoms with Crippen molar-refractivity contribution in [1.29, 1.82) is 0 Å². The number of ether oxygens (including phenoxy) is 1. The van der Waals surface area contributed by atoms with Gasteiger partial charge in [0, 0.05) is 60.8 Å². The van der Waals surface area contributed by atoms with E-state index in [1.165, 1.54) is 78.6 Å². The Bertz CT molecular complexity index is 3260. The second kappa shape index (κ2) is 35.9. The summed E-state index contributed by atoms with van der Waals surface area (Å²) in [5.41, 5.74) is -1.61. The van der Waals surface area contributed by atoms with Crippen molar-refractivity contribution < 1.29 is 88.6 Å². The van der Waals surface area contributed by atoms with E-state index >= 15 is 38.4 Å².